The molecule has 0 fully saturated rings. The quantitative estimate of drug-likeness (QED) is 0.879. The standard InChI is InChI=1S/C19H24N2O/c1-4-19(22)21-13-17(18-7-5-6-12-20-18)16-10-8-15(9-11-16)14(2)3/h5-12,14,17H,4,13H2,1-3H3,(H,21,22). The third-order valence-corrected chi connectivity index (χ3v) is 3.87. The molecule has 0 aliphatic carbocycles. The van der Waals surface area contributed by atoms with Crippen molar-refractivity contribution in [3.05, 3.63) is 65.5 Å². The molecule has 0 bridgehead atoms. The molecule has 0 spiro atoms. The van der Waals surface area contributed by atoms with Crippen LogP contribution in [0.15, 0.2) is 48.7 Å². The lowest BCUT2D eigenvalue weighted by molar-refractivity contribution is -0.120. The molecule has 2 aromatic rings. The summed E-state index contributed by atoms with van der Waals surface area (Å²) >= 11 is 0. The van der Waals surface area contributed by atoms with Gasteiger partial charge in [-0.15, -0.1) is 0 Å². The molecule has 22 heavy (non-hydrogen) atoms. The third kappa shape index (κ3) is 4.17. The lowest BCUT2D eigenvalue weighted by atomic mass is 9.92. The van der Waals surface area contributed by atoms with E-state index in [2.05, 4.69) is 48.4 Å². The molecule has 1 aromatic heterocycles. The van der Waals surface area contributed by atoms with E-state index in [0.717, 1.165) is 5.69 Å². The Hall–Kier alpha value is -2.16. The van der Waals surface area contributed by atoms with Crippen LogP contribution in [0.4, 0.5) is 0 Å². The van der Waals surface area contributed by atoms with E-state index in [4.69, 9.17) is 0 Å². The summed E-state index contributed by atoms with van der Waals surface area (Å²) in [5.74, 6) is 0.666. The smallest absolute Gasteiger partial charge is 0.219 e. The van der Waals surface area contributed by atoms with Crippen LogP contribution >= 0.6 is 0 Å². The predicted molar refractivity (Wildman–Crippen MR) is 89.9 cm³/mol. The van der Waals surface area contributed by atoms with Crippen LogP contribution in [0.1, 0.15) is 55.8 Å². The third-order valence-electron chi connectivity index (χ3n) is 3.87. The van der Waals surface area contributed by atoms with Gasteiger partial charge in [-0.3, -0.25) is 9.78 Å². The highest BCUT2D eigenvalue weighted by Gasteiger charge is 2.16. The van der Waals surface area contributed by atoms with Gasteiger partial charge < -0.3 is 5.32 Å². The van der Waals surface area contributed by atoms with Gasteiger partial charge in [0.1, 0.15) is 0 Å². The second-order valence-electron chi connectivity index (χ2n) is 5.79. The number of rotatable bonds is 6. The molecule has 0 radical (unpaired) electrons. The Kier molecular flexibility index (Phi) is 5.70. The summed E-state index contributed by atoms with van der Waals surface area (Å²) in [7, 11) is 0. The molecule has 1 atom stereocenters. The average Bonchev–Trinajstić information content (AvgIpc) is 2.56. The first-order valence-electron chi connectivity index (χ1n) is 7.89. The van der Waals surface area contributed by atoms with Gasteiger partial charge in [-0.05, 0) is 29.2 Å². The zero-order valence-corrected chi connectivity index (χ0v) is 13.5. The molecule has 1 N–H and O–H groups in total. The van der Waals surface area contributed by atoms with E-state index in [1.54, 1.807) is 6.20 Å². The van der Waals surface area contributed by atoms with Crippen molar-refractivity contribution in [3.63, 3.8) is 0 Å². The topological polar surface area (TPSA) is 42.0 Å². The van der Waals surface area contributed by atoms with E-state index >= 15 is 0 Å². The van der Waals surface area contributed by atoms with Crippen molar-refractivity contribution in [2.75, 3.05) is 6.54 Å². The fourth-order valence-electron chi connectivity index (χ4n) is 2.43. The van der Waals surface area contributed by atoms with Crippen molar-refractivity contribution in [2.45, 2.75) is 39.0 Å². The van der Waals surface area contributed by atoms with Gasteiger partial charge in [-0.25, -0.2) is 0 Å². The number of benzene rings is 1. The normalized spacial score (nSPS) is 12.2. The summed E-state index contributed by atoms with van der Waals surface area (Å²) in [6.07, 6.45) is 2.30. The summed E-state index contributed by atoms with van der Waals surface area (Å²) in [5, 5.41) is 2.99. The SMILES string of the molecule is CCC(=O)NCC(c1ccc(C(C)C)cc1)c1ccccn1. The zero-order chi connectivity index (χ0) is 15.9. The number of nitrogens with zero attached hydrogens (tertiary/aromatic N) is 1. The molecule has 1 amide bonds. The Bertz CT molecular complexity index is 591. The van der Waals surface area contributed by atoms with Crippen LogP contribution in [-0.4, -0.2) is 17.4 Å². The number of amides is 1. The molecule has 116 valence electrons. The summed E-state index contributed by atoms with van der Waals surface area (Å²) in [6, 6.07) is 14.5. The molecule has 3 nitrogen and oxygen atoms in total. The monoisotopic (exact) mass is 296 g/mol. The summed E-state index contributed by atoms with van der Waals surface area (Å²) in [5.41, 5.74) is 3.48. The molecule has 3 heteroatoms. The fourth-order valence-corrected chi connectivity index (χ4v) is 2.43. The number of hydrogen-bond donors (Lipinski definition) is 1. The molecule has 1 heterocycles. The van der Waals surface area contributed by atoms with E-state index in [0.29, 0.717) is 18.9 Å². The molecular weight excluding hydrogens is 272 g/mol. The minimum atomic E-state index is 0.0692. The highest BCUT2D eigenvalue weighted by molar-refractivity contribution is 5.75. The largest absolute Gasteiger partial charge is 0.355 e. The van der Waals surface area contributed by atoms with Crippen LogP contribution in [-0.2, 0) is 4.79 Å². The molecule has 0 aliphatic rings. The van der Waals surface area contributed by atoms with Gasteiger partial charge >= 0.3 is 0 Å². The van der Waals surface area contributed by atoms with E-state index in [1.165, 1.54) is 11.1 Å². The van der Waals surface area contributed by atoms with Crippen LogP contribution in [0.3, 0.4) is 0 Å². The first-order chi connectivity index (χ1) is 10.6. The van der Waals surface area contributed by atoms with E-state index in [9.17, 15) is 4.79 Å². The average molecular weight is 296 g/mol. The fraction of sp³-hybridized carbons (Fsp3) is 0.368. The van der Waals surface area contributed by atoms with Crippen molar-refractivity contribution >= 4 is 5.91 Å². The molecule has 0 saturated carbocycles. The Labute approximate surface area is 132 Å². The van der Waals surface area contributed by atoms with E-state index in [1.807, 2.05) is 25.1 Å². The zero-order valence-electron chi connectivity index (χ0n) is 13.5. The summed E-state index contributed by atoms with van der Waals surface area (Å²) < 4.78 is 0. The molecular formula is C19H24N2O. The lowest BCUT2D eigenvalue weighted by Crippen LogP contribution is -2.28. The maximum atomic E-state index is 11.6. The van der Waals surface area contributed by atoms with Crippen LogP contribution < -0.4 is 5.32 Å². The van der Waals surface area contributed by atoms with Gasteiger partial charge in [0.25, 0.3) is 0 Å². The minimum Gasteiger partial charge on any atom is -0.355 e. The number of nitrogens with one attached hydrogen (secondary N) is 1. The lowest BCUT2D eigenvalue weighted by Gasteiger charge is -2.18. The van der Waals surface area contributed by atoms with Crippen molar-refractivity contribution in [1.82, 2.24) is 10.3 Å². The van der Waals surface area contributed by atoms with Crippen molar-refractivity contribution in [2.24, 2.45) is 0 Å². The van der Waals surface area contributed by atoms with Crippen molar-refractivity contribution in [1.29, 1.82) is 0 Å². The Balaban J connectivity index is 2.25. The molecule has 1 aromatic carbocycles. The highest BCUT2D eigenvalue weighted by atomic mass is 16.1. The Morgan fingerprint density at radius 3 is 2.32 bits per heavy atom. The van der Waals surface area contributed by atoms with Crippen LogP contribution in [0.2, 0.25) is 0 Å². The molecule has 1 unspecified atom stereocenters. The first kappa shape index (κ1) is 16.2. The van der Waals surface area contributed by atoms with Gasteiger partial charge in [-0.2, -0.15) is 0 Å². The minimum absolute atomic E-state index is 0.0692. The van der Waals surface area contributed by atoms with Gasteiger partial charge in [0.2, 0.25) is 5.91 Å². The van der Waals surface area contributed by atoms with E-state index < -0.39 is 0 Å². The van der Waals surface area contributed by atoms with Gasteiger partial charge in [0.05, 0.1) is 0 Å². The summed E-state index contributed by atoms with van der Waals surface area (Å²) in [6.45, 7) is 6.81. The second kappa shape index (κ2) is 7.74. The predicted octanol–water partition coefficient (Wildman–Crippen LogP) is 3.86. The van der Waals surface area contributed by atoms with Gasteiger partial charge in [0.15, 0.2) is 0 Å². The number of carbonyl (C=O) groups excluding carboxylic acids is 1. The van der Waals surface area contributed by atoms with Crippen LogP contribution in [0.25, 0.3) is 0 Å². The number of pyridine rings is 1. The summed E-state index contributed by atoms with van der Waals surface area (Å²) in [4.78, 5) is 16.1. The van der Waals surface area contributed by atoms with Gasteiger partial charge in [0, 0.05) is 30.8 Å². The maximum Gasteiger partial charge on any atom is 0.219 e. The Morgan fingerprint density at radius 2 is 1.77 bits per heavy atom. The maximum absolute atomic E-state index is 11.6. The van der Waals surface area contributed by atoms with Gasteiger partial charge in [-0.1, -0.05) is 51.1 Å². The first-order valence-corrected chi connectivity index (χ1v) is 7.89. The molecule has 0 aliphatic heterocycles. The van der Waals surface area contributed by atoms with Crippen LogP contribution in [0, 0.1) is 0 Å². The molecule has 2 rings (SSSR count). The number of aromatic nitrogens is 1. The number of hydrogen-bond acceptors (Lipinski definition) is 2. The highest BCUT2D eigenvalue weighted by Crippen LogP contribution is 2.24. The van der Waals surface area contributed by atoms with Crippen molar-refractivity contribution < 1.29 is 4.79 Å². The van der Waals surface area contributed by atoms with Crippen LogP contribution in [0.5, 0.6) is 0 Å². The molecule has 0 saturated heterocycles. The Morgan fingerprint density at radius 1 is 1.09 bits per heavy atom. The second-order valence-corrected chi connectivity index (χ2v) is 5.79. The van der Waals surface area contributed by atoms with Crippen molar-refractivity contribution in [3.8, 4) is 0 Å². The van der Waals surface area contributed by atoms with E-state index in [-0.39, 0.29) is 11.8 Å². The number of carbonyl (C=O) groups is 1.